The van der Waals surface area contributed by atoms with Crippen molar-refractivity contribution in [2.24, 2.45) is 0 Å². The molecule has 1 heterocycles. The van der Waals surface area contributed by atoms with Crippen molar-refractivity contribution in [1.82, 2.24) is 15.0 Å². The second-order valence-corrected chi connectivity index (χ2v) is 15.8. The Morgan fingerprint density at radius 1 is 0.516 bits per heavy atom. The number of phenolic OH excluding ortho intramolecular Hbond substituents is 2. The number of esters is 2. The van der Waals surface area contributed by atoms with Gasteiger partial charge in [-0.25, -0.2) is 24.5 Å². The third kappa shape index (κ3) is 12.2. The number of nitrogens with zero attached hydrogens (tertiary/aromatic N) is 3. The summed E-state index contributed by atoms with van der Waals surface area (Å²) >= 11 is 0. The maximum atomic E-state index is 12.7. The minimum Gasteiger partial charge on any atom is -0.507 e. The van der Waals surface area contributed by atoms with E-state index in [1.807, 2.05) is 30.3 Å². The Labute approximate surface area is 364 Å². The highest BCUT2D eigenvalue weighted by atomic mass is 16.6. The molecule has 2 unspecified atom stereocenters. The fourth-order valence-electron chi connectivity index (χ4n) is 7.30. The van der Waals surface area contributed by atoms with Crippen LogP contribution >= 0.6 is 0 Å². The van der Waals surface area contributed by atoms with E-state index in [9.17, 15) is 19.8 Å². The number of aromatic hydroxyl groups is 2. The van der Waals surface area contributed by atoms with Crippen molar-refractivity contribution < 1.29 is 38.7 Å². The third-order valence-corrected chi connectivity index (χ3v) is 10.8. The number of carbonyl (C=O) groups excluding carboxylic acids is 2. The standard InChI is InChI=1S/C51H59N3O8/c1-5-7-9-11-13-17-29-59-50(57)34(3)61-39-24-27-43(45(55)32-39)48-52-47(38-23-26-42-37(31-38)22-21-36-19-15-16-20-41(36)42)53-49(54-48)44-28-25-40(33-46(44)56)62-35(4)51(58)60-30-18-14-12-10-8-6-2/h15-16,19-28,31-35,55-56H,5-14,17-18,29-30H2,1-4H3. The molecule has 0 fully saturated rings. The zero-order valence-corrected chi connectivity index (χ0v) is 36.4. The number of carbonyl (C=O) groups is 2. The Morgan fingerprint density at radius 3 is 1.52 bits per heavy atom. The molecule has 11 heteroatoms. The number of unbranched alkanes of at least 4 members (excludes halogenated alkanes) is 10. The Morgan fingerprint density at radius 2 is 0.984 bits per heavy atom. The van der Waals surface area contributed by atoms with E-state index >= 15 is 0 Å². The molecule has 62 heavy (non-hydrogen) atoms. The topological polar surface area (TPSA) is 150 Å². The van der Waals surface area contributed by atoms with Crippen molar-refractivity contribution in [3.63, 3.8) is 0 Å². The zero-order chi connectivity index (χ0) is 43.8. The van der Waals surface area contributed by atoms with E-state index in [1.54, 1.807) is 38.1 Å². The summed E-state index contributed by atoms with van der Waals surface area (Å²) in [5, 5.41) is 27.0. The van der Waals surface area contributed by atoms with Gasteiger partial charge in [-0.15, -0.1) is 0 Å². The average molecular weight is 842 g/mol. The van der Waals surface area contributed by atoms with Gasteiger partial charge in [0.1, 0.15) is 23.0 Å². The van der Waals surface area contributed by atoms with E-state index < -0.39 is 24.1 Å². The molecule has 11 nitrogen and oxygen atoms in total. The van der Waals surface area contributed by atoms with Gasteiger partial charge in [0.2, 0.25) is 0 Å². The van der Waals surface area contributed by atoms with Crippen molar-refractivity contribution in [2.45, 2.75) is 117 Å². The zero-order valence-electron chi connectivity index (χ0n) is 36.4. The van der Waals surface area contributed by atoms with Crippen LogP contribution in [-0.2, 0) is 19.1 Å². The third-order valence-electron chi connectivity index (χ3n) is 10.8. The molecule has 0 radical (unpaired) electrons. The van der Waals surface area contributed by atoms with Crippen molar-refractivity contribution in [3.05, 3.63) is 91.0 Å². The number of fused-ring (bicyclic) bond motifs is 3. The molecular formula is C51H59N3O8. The van der Waals surface area contributed by atoms with Crippen molar-refractivity contribution in [1.29, 1.82) is 0 Å². The Balaban J connectivity index is 1.23. The summed E-state index contributed by atoms with van der Waals surface area (Å²) < 4.78 is 22.6. The van der Waals surface area contributed by atoms with E-state index in [2.05, 4.69) is 38.1 Å². The van der Waals surface area contributed by atoms with Gasteiger partial charge in [-0.1, -0.05) is 127 Å². The summed E-state index contributed by atoms with van der Waals surface area (Å²) in [6.07, 6.45) is 11.2. The molecule has 0 aliphatic rings. The van der Waals surface area contributed by atoms with Gasteiger partial charge in [0, 0.05) is 17.7 Å². The molecule has 0 amide bonds. The lowest BCUT2D eigenvalue weighted by Crippen LogP contribution is -2.26. The number of hydrogen-bond donors (Lipinski definition) is 2. The van der Waals surface area contributed by atoms with E-state index in [-0.39, 0.29) is 45.8 Å². The van der Waals surface area contributed by atoms with Crippen LogP contribution in [0.25, 0.3) is 55.7 Å². The minimum absolute atomic E-state index is 0.139. The van der Waals surface area contributed by atoms with Crippen LogP contribution in [-0.4, -0.2) is 62.5 Å². The van der Waals surface area contributed by atoms with Crippen LogP contribution in [0.3, 0.4) is 0 Å². The summed E-state index contributed by atoms with van der Waals surface area (Å²) in [7, 11) is 0. The van der Waals surface area contributed by atoms with E-state index in [4.69, 9.17) is 33.9 Å². The molecule has 5 aromatic carbocycles. The fraction of sp³-hybridized carbons (Fsp3) is 0.392. The minimum atomic E-state index is -0.894. The first kappa shape index (κ1) is 45.3. The maximum absolute atomic E-state index is 12.7. The van der Waals surface area contributed by atoms with E-state index in [0.717, 1.165) is 60.1 Å². The first-order valence-electron chi connectivity index (χ1n) is 22.2. The molecule has 0 saturated carbocycles. The Bertz CT molecular complexity index is 2330. The van der Waals surface area contributed by atoms with E-state index in [0.29, 0.717) is 24.6 Å². The summed E-state index contributed by atoms with van der Waals surface area (Å²) in [6, 6.07) is 27.5. The van der Waals surface area contributed by atoms with Crippen LogP contribution in [0.1, 0.15) is 105 Å². The predicted molar refractivity (Wildman–Crippen MR) is 243 cm³/mol. The lowest BCUT2D eigenvalue weighted by Gasteiger charge is -2.16. The summed E-state index contributed by atoms with van der Waals surface area (Å²) in [5.74, 6) is -0.218. The summed E-state index contributed by atoms with van der Waals surface area (Å²) in [5.41, 5.74) is 1.25. The van der Waals surface area contributed by atoms with Gasteiger partial charge in [-0.3, -0.25) is 0 Å². The number of ether oxygens (including phenoxy) is 4. The molecular weight excluding hydrogens is 783 g/mol. The lowest BCUT2D eigenvalue weighted by atomic mass is 10.00. The highest BCUT2D eigenvalue weighted by Gasteiger charge is 2.22. The molecule has 0 saturated heterocycles. The summed E-state index contributed by atoms with van der Waals surface area (Å²) in [6.45, 7) is 8.24. The van der Waals surface area contributed by atoms with Gasteiger partial charge in [0.25, 0.3) is 0 Å². The van der Waals surface area contributed by atoms with Crippen LogP contribution in [0.4, 0.5) is 0 Å². The Kier molecular flexibility index (Phi) is 16.5. The van der Waals surface area contributed by atoms with Crippen molar-refractivity contribution in [2.75, 3.05) is 13.2 Å². The molecule has 2 N–H and O–H groups in total. The largest absolute Gasteiger partial charge is 0.507 e. The van der Waals surface area contributed by atoms with E-state index in [1.165, 1.54) is 50.7 Å². The van der Waals surface area contributed by atoms with Gasteiger partial charge in [0.05, 0.1) is 24.3 Å². The monoisotopic (exact) mass is 841 g/mol. The molecule has 1 aromatic heterocycles. The van der Waals surface area contributed by atoms with Crippen LogP contribution in [0.15, 0.2) is 91.0 Å². The first-order chi connectivity index (χ1) is 30.1. The Hall–Kier alpha value is -6.23. The number of hydrogen-bond acceptors (Lipinski definition) is 11. The van der Waals surface area contributed by atoms with Gasteiger partial charge in [-0.2, -0.15) is 0 Å². The maximum Gasteiger partial charge on any atom is 0.347 e. The molecule has 0 spiro atoms. The smallest absolute Gasteiger partial charge is 0.347 e. The number of phenols is 2. The van der Waals surface area contributed by atoms with Gasteiger partial charge < -0.3 is 29.2 Å². The average Bonchev–Trinajstić information content (AvgIpc) is 3.27. The summed E-state index contributed by atoms with van der Waals surface area (Å²) in [4.78, 5) is 39.7. The number of benzene rings is 5. The molecule has 2 atom stereocenters. The second-order valence-electron chi connectivity index (χ2n) is 15.8. The molecule has 0 aliphatic carbocycles. The van der Waals surface area contributed by atoms with Crippen molar-refractivity contribution in [3.8, 4) is 57.2 Å². The SMILES string of the molecule is CCCCCCCCOC(=O)C(C)Oc1ccc(-c2nc(-c3ccc4c(ccc5ccccc54)c3)nc(-c3ccc(OC(C)C(=O)OCCCCCCCC)cc3O)n2)c(O)c1. The predicted octanol–water partition coefficient (Wildman–Crippen LogP) is 11.9. The molecule has 0 aliphatic heterocycles. The number of aromatic nitrogens is 3. The lowest BCUT2D eigenvalue weighted by molar-refractivity contribution is -0.152. The normalized spacial score (nSPS) is 12.3. The van der Waals surface area contributed by atoms with Gasteiger partial charge in [0.15, 0.2) is 29.7 Å². The molecule has 6 rings (SSSR count). The quantitative estimate of drug-likeness (QED) is 0.0360. The van der Waals surface area contributed by atoms with Gasteiger partial charge in [-0.05, 0) is 78.6 Å². The van der Waals surface area contributed by atoms with Gasteiger partial charge >= 0.3 is 11.9 Å². The van der Waals surface area contributed by atoms with Crippen LogP contribution < -0.4 is 9.47 Å². The highest BCUT2D eigenvalue weighted by molar-refractivity contribution is 6.08. The highest BCUT2D eigenvalue weighted by Crippen LogP contribution is 2.37. The van der Waals surface area contributed by atoms with Crippen molar-refractivity contribution >= 4 is 33.5 Å². The molecule has 0 bridgehead atoms. The van der Waals surface area contributed by atoms with Crippen LogP contribution in [0.5, 0.6) is 23.0 Å². The fourth-order valence-corrected chi connectivity index (χ4v) is 7.30. The number of rotatable bonds is 23. The second kappa shape index (κ2) is 22.6. The van der Waals surface area contributed by atoms with Crippen LogP contribution in [0.2, 0.25) is 0 Å². The first-order valence-corrected chi connectivity index (χ1v) is 22.2. The molecule has 6 aromatic rings. The van der Waals surface area contributed by atoms with Crippen LogP contribution in [0, 0.1) is 0 Å². The molecule has 326 valence electrons.